The Balaban J connectivity index is 1.68. The Kier molecular flexibility index (Phi) is 6.58. The summed E-state index contributed by atoms with van der Waals surface area (Å²) < 4.78 is 12.8. The lowest BCUT2D eigenvalue weighted by molar-refractivity contribution is -0.122. The maximum absolute atomic E-state index is 13.6. The Morgan fingerprint density at radius 3 is 2.69 bits per heavy atom. The Morgan fingerprint density at radius 1 is 1.26 bits per heavy atom. The zero-order chi connectivity index (χ0) is 25.2. The van der Waals surface area contributed by atoms with E-state index in [1.54, 1.807) is 26.3 Å². The van der Waals surface area contributed by atoms with E-state index in [-0.39, 0.29) is 18.3 Å². The molecule has 2 heterocycles. The summed E-state index contributed by atoms with van der Waals surface area (Å²) in [4.78, 5) is 31.2. The number of methoxy groups -OCH3 is 1. The van der Waals surface area contributed by atoms with Crippen molar-refractivity contribution < 1.29 is 19.1 Å². The lowest BCUT2D eigenvalue weighted by atomic mass is 10.1. The van der Waals surface area contributed by atoms with Crippen LogP contribution in [0, 0.1) is 11.8 Å². The summed E-state index contributed by atoms with van der Waals surface area (Å²) in [5.41, 5.74) is 7.10. The van der Waals surface area contributed by atoms with Gasteiger partial charge in [0.25, 0.3) is 11.8 Å². The molecule has 2 aromatic carbocycles. The molecule has 180 valence electrons. The Hall–Kier alpha value is -4.16. The molecule has 1 aromatic heterocycles. The van der Waals surface area contributed by atoms with E-state index in [0.717, 1.165) is 11.1 Å². The van der Waals surface area contributed by atoms with Crippen molar-refractivity contribution in [2.45, 2.75) is 31.9 Å². The molecule has 0 radical (unpaired) electrons. The van der Waals surface area contributed by atoms with Gasteiger partial charge in [0.15, 0.2) is 6.04 Å². The smallest absolute Gasteiger partial charge is 0.288 e. The van der Waals surface area contributed by atoms with E-state index in [0.29, 0.717) is 23.7 Å². The third-order valence-electron chi connectivity index (χ3n) is 5.77. The van der Waals surface area contributed by atoms with Crippen LogP contribution in [0.1, 0.15) is 47.5 Å². The Labute approximate surface area is 203 Å². The van der Waals surface area contributed by atoms with Crippen molar-refractivity contribution >= 4 is 17.5 Å². The quantitative estimate of drug-likeness (QED) is 0.569. The lowest BCUT2D eigenvalue weighted by Crippen LogP contribution is -2.36. The fraction of sp³-hybridized carbons (Fsp3) is 0.308. The van der Waals surface area contributed by atoms with Crippen LogP contribution in [0.25, 0.3) is 0 Å². The molecule has 0 spiro atoms. The van der Waals surface area contributed by atoms with Crippen molar-refractivity contribution in [3.8, 4) is 17.6 Å². The van der Waals surface area contributed by atoms with Crippen LogP contribution >= 0.6 is 0 Å². The topological polar surface area (TPSA) is 113 Å². The van der Waals surface area contributed by atoms with Crippen LogP contribution in [0.15, 0.2) is 48.5 Å². The van der Waals surface area contributed by atoms with E-state index in [1.807, 2.05) is 50.2 Å². The molecule has 2 amide bonds. The second-order valence-electron chi connectivity index (χ2n) is 8.69. The van der Waals surface area contributed by atoms with Gasteiger partial charge in [0.2, 0.25) is 5.82 Å². The molecule has 35 heavy (non-hydrogen) atoms. The van der Waals surface area contributed by atoms with Crippen molar-refractivity contribution in [3.63, 3.8) is 0 Å². The van der Waals surface area contributed by atoms with Crippen molar-refractivity contribution in [1.82, 2.24) is 14.8 Å². The van der Waals surface area contributed by atoms with Gasteiger partial charge in [0, 0.05) is 26.1 Å². The highest BCUT2D eigenvalue weighted by molar-refractivity contribution is 5.98. The molecule has 4 rings (SSSR count). The van der Waals surface area contributed by atoms with Gasteiger partial charge >= 0.3 is 0 Å². The van der Waals surface area contributed by atoms with Crippen LogP contribution in [0.4, 0.5) is 5.69 Å². The standard InChI is InChI=1S/C26H27N5O4/c1-26(2,34-4)13-12-18-10-11-21-19(14-18)30(3)25(33)20(16-35-21)31-22(28-24(29-31)23(27)32)15-17-8-6-5-7-9-17/h5-11,14,20H,15-16H2,1-4H3,(H2,27,32)/t20-/m0/s1. The van der Waals surface area contributed by atoms with E-state index in [4.69, 9.17) is 15.2 Å². The molecule has 2 N–H and O–H groups in total. The number of rotatable bonds is 5. The highest BCUT2D eigenvalue weighted by atomic mass is 16.5. The number of hydrogen-bond acceptors (Lipinski definition) is 6. The van der Waals surface area contributed by atoms with Crippen LogP contribution in [0.3, 0.4) is 0 Å². The molecule has 1 aliphatic rings. The van der Waals surface area contributed by atoms with Crippen LogP contribution in [-0.4, -0.2) is 52.9 Å². The van der Waals surface area contributed by atoms with Gasteiger partial charge in [-0.05, 0) is 37.6 Å². The number of carbonyl (C=O) groups excluding carboxylic acids is 2. The predicted octanol–water partition coefficient (Wildman–Crippen LogP) is 2.34. The first-order valence-electron chi connectivity index (χ1n) is 11.1. The third kappa shape index (κ3) is 5.18. The number of primary amides is 1. The van der Waals surface area contributed by atoms with Crippen molar-refractivity contribution in [2.24, 2.45) is 5.73 Å². The van der Waals surface area contributed by atoms with Crippen LogP contribution in [0.2, 0.25) is 0 Å². The molecule has 9 heteroatoms. The minimum atomic E-state index is -0.839. The zero-order valence-electron chi connectivity index (χ0n) is 20.1. The summed E-state index contributed by atoms with van der Waals surface area (Å²) in [6.07, 6.45) is 0.372. The van der Waals surface area contributed by atoms with E-state index >= 15 is 0 Å². The fourth-order valence-electron chi connectivity index (χ4n) is 3.62. The van der Waals surface area contributed by atoms with Gasteiger partial charge in [-0.25, -0.2) is 9.67 Å². The van der Waals surface area contributed by atoms with Gasteiger partial charge < -0.3 is 20.1 Å². The third-order valence-corrected chi connectivity index (χ3v) is 5.77. The molecule has 0 fully saturated rings. The first kappa shape index (κ1) is 24.0. The largest absolute Gasteiger partial charge is 0.489 e. The predicted molar refractivity (Wildman–Crippen MR) is 130 cm³/mol. The Morgan fingerprint density at radius 2 is 2.00 bits per heavy atom. The SMILES string of the molecule is COC(C)(C)C#Cc1ccc2c(c1)N(C)C(=O)[C@@H](n1nc(C(N)=O)nc1Cc1ccccc1)CO2. The number of likely N-dealkylation sites (N-methyl/N-ethyl adjacent to an activating group) is 1. The van der Waals surface area contributed by atoms with E-state index in [1.165, 1.54) is 9.58 Å². The summed E-state index contributed by atoms with van der Waals surface area (Å²) >= 11 is 0. The average molecular weight is 474 g/mol. The molecule has 0 bridgehead atoms. The number of nitrogens with two attached hydrogens (primary N) is 1. The monoisotopic (exact) mass is 473 g/mol. The number of benzene rings is 2. The van der Waals surface area contributed by atoms with Crippen LogP contribution in [0.5, 0.6) is 5.75 Å². The number of carbonyl (C=O) groups is 2. The van der Waals surface area contributed by atoms with Gasteiger partial charge in [0.05, 0.1) is 5.69 Å². The minimum absolute atomic E-state index is 0.0151. The summed E-state index contributed by atoms with van der Waals surface area (Å²) in [5, 5.41) is 4.27. The van der Waals surface area contributed by atoms with Crippen LogP contribution < -0.4 is 15.4 Å². The molecule has 1 aliphatic heterocycles. The normalized spacial score (nSPS) is 15.5. The number of amides is 2. The number of hydrogen-bond donors (Lipinski definition) is 1. The van der Waals surface area contributed by atoms with Gasteiger partial charge in [-0.3, -0.25) is 9.59 Å². The van der Waals surface area contributed by atoms with Crippen LogP contribution in [-0.2, 0) is 16.0 Å². The van der Waals surface area contributed by atoms with Gasteiger partial charge in [0.1, 0.15) is 23.8 Å². The molecule has 0 unspecified atom stereocenters. The highest BCUT2D eigenvalue weighted by Gasteiger charge is 2.34. The summed E-state index contributed by atoms with van der Waals surface area (Å²) in [5.74, 6) is 5.97. The lowest BCUT2D eigenvalue weighted by Gasteiger charge is -2.21. The highest BCUT2D eigenvalue weighted by Crippen LogP contribution is 2.34. The maximum Gasteiger partial charge on any atom is 0.288 e. The first-order valence-corrected chi connectivity index (χ1v) is 11.1. The molecule has 9 nitrogen and oxygen atoms in total. The van der Waals surface area contributed by atoms with Gasteiger partial charge in [-0.1, -0.05) is 42.2 Å². The molecular formula is C26H27N5O4. The summed E-state index contributed by atoms with van der Waals surface area (Å²) in [6.45, 7) is 3.76. The second kappa shape index (κ2) is 9.60. The number of aromatic nitrogens is 3. The average Bonchev–Trinajstić information content (AvgIpc) is 3.22. The summed E-state index contributed by atoms with van der Waals surface area (Å²) in [6, 6.07) is 14.2. The number of nitrogens with zero attached hydrogens (tertiary/aromatic N) is 4. The van der Waals surface area contributed by atoms with Crippen molar-refractivity contribution in [1.29, 1.82) is 0 Å². The van der Waals surface area contributed by atoms with Gasteiger partial charge in [-0.2, -0.15) is 0 Å². The molecule has 0 saturated carbocycles. The zero-order valence-corrected chi connectivity index (χ0v) is 20.1. The molecule has 3 aromatic rings. The van der Waals surface area contributed by atoms with E-state index in [2.05, 4.69) is 21.9 Å². The van der Waals surface area contributed by atoms with Crippen molar-refractivity contribution in [3.05, 3.63) is 71.3 Å². The number of fused-ring (bicyclic) bond motifs is 1. The van der Waals surface area contributed by atoms with E-state index < -0.39 is 17.6 Å². The van der Waals surface area contributed by atoms with E-state index in [9.17, 15) is 9.59 Å². The minimum Gasteiger partial charge on any atom is -0.489 e. The first-order chi connectivity index (χ1) is 16.7. The summed E-state index contributed by atoms with van der Waals surface area (Å²) in [7, 11) is 3.27. The second-order valence-corrected chi connectivity index (χ2v) is 8.69. The Bertz CT molecular complexity index is 1320. The number of ether oxygens (including phenoxy) is 2. The number of anilines is 1. The fourth-order valence-corrected chi connectivity index (χ4v) is 3.62. The molecule has 0 saturated heterocycles. The maximum atomic E-state index is 13.6. The molecule has 1 atom stereocenters. The van der Waals surface area contributed by atoms with Crippen molar-refractivity contribution in [2.75, 3.05) is 25.7 Å². The molecular weight excluding hydrogens is 446 g/mol. The van der Waals surface area contributed by atoms with Gasteiger partial charge in [-0.15, -0.1) is 5.10 Å². The molecule has 0 aliphatic carbocycles.